The molecule has 0 aliphatic heterocycles. The third-order valence-electron chi connectivity index (χ3n) is 11.0. The number of hydrogen-bond donors (Lipinski definition) is 0. The molecule has 12 aromatic rings. The van der Waals surface area contributed by atoms with Crippen molar-refractivity contribution in [1.29, 1.82) is 0 Å². The summed E-state index contributed by atoms with van der Waals surface area (Å²) < 4.78 is 4.88. The highest BCUT2D eigenvalue weighted by Crippen LogP contribution is 2.48. The molecular weight excluding hydrogens is 633 g/mol. The Labute approximate surface area is 297 Å². The lowest BCUT2D eigenvalue weighted by atomic mass is 9.98. The third kappa shape index (κ3) is 3.65. The van der Waals surface area contributed by atoms with Crippen LogP contribution in [0.5, 0.6) is 0 Å². The van der Waals surface area contributed by atoms with Crippen molar-refractivity contribution in [2.75, 3.05) is 0 Å². The van der Waals surface area contributed by atoms with Gasteiger partial charge in [-0.1, -0.05) is 127 Å². The Morgan fingerprint density at radius 3 is 1.92 bits per heavy atom. The Hall–Kier alpha value is -7.04. The van der Waals surface area contributed by atoms with Crippen LogP contribution in [0.3, 0.4) is 0 Å². The largest absolute Gasteiger partial charge is 0.308 e. The molecule has 4 aromatic heterocycles. The highest BCUT2D eigenvalue weighted by Gasteiger charge is 2.26. The van der Waals surface area contributed by atoms with E-state index in [1.54, 1.807) is 0 Å². The lowest BCUT2D eigenvalue weighted by Crippen LogP contribution is -2.02. The number of benzene rings is 8. The quantitative estimate of drug-likeness (QED) is 0.189. The van der Waals surface area contributed by atoms with Crippen LogP contribution in [0.25, 0.3) is 110 Å². The van der Waals surface area contributed by atoms with Crippen molar-refractivity contribution in [2.45, 2.75) is 0 Å². The third-order valence-corrected chi connectivity index (χ3v) is 11.0. The van der Waals surface area contributed by atoms with Gasteiger partial charge in [-0.05, 0) is 64.4 Å². The molecule has 0 radical (unpaired) electrons. The van der Waals surface area contributed by atoms with Gasteiger partial charge in [0.05, 0.1) is 33.1 Å². The number of para-hydroxylation sites is 3. The Morgan fingerprint density at radius 2 is 1.04 bits per heavy atom. The van der Waals surface area contributed by atoms with E-state index in [0.29, 0.717) is 5.82 Å². The molecule has 0 N–H and O–H groups in total. The molecule has 0 aliphatic carbocycles. The van der Waals surface area contributed by atoms with E-state index in [9.17, 15) is 0 Å². The average molecular weight is 661 g/mol. The zero-order valence-corrected chi connectivity index (χ0v) is 28.0. The van der Waals surface area contributed by atoms with Gasteiger partial charge >= 0.3 is 0 Å². The molecule has 0 saturated carbocycles. The second-order valence-electron chi connectivity index (χ2n) is 13.8. The molecule has 0 bridgehead atoms. The number of nitrogens with zero attached hydrogens (tertiary/aromatic N) is 4. The van der Waals surface area contributed by atoms with Gasteiger partial charge in [-0.3, -0.25) is 4.57 Å². The van der Waals surface area contributed by atoms with Crippen LogP contribution in [0.15, 0.2) is 170 Å². The van der Waals surface area contributed by atoms with E-state index in [0.717, 1.165) is 38.9 Å². The molecule has 0 amide bonds. The van der Waals surface area contributed by atoms with E-state index >= 15 is 0 Å². The van der Waals surface area contributed by atoms with E-state index in [1.807, 2.05) is 0 Å². The summed E-state index contributed by atoms with van der Waals surface area (Å²) in [4.78, 5) is 10.7. The zero-order chi connectivity index (χ0) is 33.9. The molecule has 4 heteroatoms. The molecule has 240 valence electrons. The van der Waals surface area contributed by atoms with Crippen LogP contribution in [-0.2, 0) is 0 Å². The van der Waals surface area contributed by atoms with E-state index in [-0.39, 0.29) is 0 Å². The topological polar surface area (TPSA) is 35.1 Å². The van der Waals surface area contributed by atoms with Crippen LogP contribution in [0, 0.1) is 0 Å². The van der Waals surface area contributed by atoms with Crippen molar-refractivity contribution in [3.05, 3.63) is 170 Å². The Kier molecular flexibility index (Phi) is 5.47. The van der Waals surface area contributed by atoms with Gasteiger partial charge in [-0.15, -0.1) is 0 Å². The summed E-state index contributed by atoms with van der Waals surface area (Å²) in [6, 6.07) is 60.9. The molecule has 0 aliphatic rings. The van der Waals surface area contributed by atoms with Crippen LogP contribution in [0.4, 0.5) is 0 Å². The van der Waals surface area contributed by atoms with Gasteiger partial charge < -0.3 is 4.40 Å². The maximum Gasteiger partial charge on any atom is 0.162 e. The minimum atomic E-state index is 0.705. The first kappa shape index (κ1) is 27.7. The summed E-state index contributed by atoms with van der Waals surface area (Å²) in [7, 11) is 0. The molecule has 0 atom stereocenters. The molecular formula is C48H28N4. The molecule has 8 aromatic carbocycles. The zero-order valence-electron chi connectivity index (χ0n) is 28.0. The Balaban J connectivity index is 1.27. The van der Waals surface area contributed by atoms with Crippen LogP contribution >= 0.6 is 0 Å². The van der Waals surface area contributed by atoms with Gasteiger partial charge in [0, 0.05) is 43.3 Å². The monoisotopic (exact) mass is 660 g/mol. The number of rotatable bonds is 3. The van der Waals surface area contributed by atoms with Gasteiger partial charge in [-0.2, -0.15) is 0 Å². The maximum atomic E-state index is 5.49. The Bertz CT molecular complexity index is 3410. The number of aromatic nitrogens is 4. The SMILES string of the molecule is c1ccc(-c2cccc(-c3nc(-n4c5ccccc5c5c6c7c8ccccc8ccc7n7c8ccccc8c(cc54)c67)c4ccccc4n3)c2)cc1. The summed E-state index contributed by atoms with van der Waals surface area (Å²) in [5, 5.41) is 11.1. The fourth-order valence-electron chi connectivity index (χ4n) is 8.83. The van der Waals surface area contributed by atoms with Crippen molar-refractivity contribution in [2.24, 2.45) is 0 Å². The van der Waals surface area contributed by atoms with Crippen molar-refractivity contribution < 1.29 is 0 Å². The maximum absolute atomic E-state index is 5.49. The molecule has 4 heterocycles. The van der Waals surface area contributed by atoms with Crippen LogP contribution in [-0.4, -0.2) is 18.9 Å². The van der Waals surface area contributed by atoms with Gasteiger partial charge in [0.25, 0.3) is 0 Å². The molecule has 52 heavy (non-hydrogen) atoms. The first-order valence-corrected chi connectivity index (χ1v) is 17.8. The fourth-order valence-corrected chi connectivity index (χ4v) is 8.83. The minimum Gasteiger partial charge on any atom is -0.308 e. The van der Waals surface area contributed by atoms with E-state index in [1.165, 1.54) is 65.2 Å². The van der Waals surface area contributed by atoms with Crippen LogP contribution in [0.2, 0.25) is 0 Å². The molecule has 0 spiro atoms. The summed E-state index contributed by atoms with van der Waals surface area (Å²) in [5.74, 6) is 1.58. The van der Waals surface area contributed by atoms with Crippen LogP contribution in [0.1, 0.15) is 0 Å². The number of hydrogen-bond acceptors (Lipinski definition) is 2. The highest BCUT2D eigenvalue weighted by molar-refractivity contribution is 6.38. The van der Waals surface area contributed by atoms with E-state index in [2.05, 4.69) is 179 Å². The van der Waals surface area contributed by atoms with Crippen molar-refractivity contribution >= 4 is 81.6 Å². The second-order valence-corrected chi connectivity index (χ2v) is 13.8. The minimum absolute atomic E-state index is 0.705. The summed E-state index contributed by atoms with van der Waals surface area (Å²) in [6.45, 7) is 0. The van der Waals surface area contributed by atoms with Crippen molar-refractivity contribution in [1.82, 2.24) is 18.9 Å². The first-order chi connectivity index (χ1) is 25.8. The first-order valence-electron chi connectivity index (χ1n) is 17.8. The molecule has 0 unspecified atom stereocenters. The van der Waals surface area contributed by atoms with Gasteiger partial charge in [0.2, 0.25) is 0 Å². The summed E-state index contributed by atoms with van der Waals surface area (Å²) >= 11 is 0. The molecule has 4 nitrogen and oxygen atoms in total. The van der Waals surface area contributed by atoms with Crippen molar-refractivity contribution in [3.63, 3.8) is 0 Å². The summed E-state index contributed by atoms with van der Waals surface area (Å²) in [5.41, 5.74) is 10.2. The lowest BCUT2D eigenvalue weighted by molar-refractivity contribution is 1.08. The molecule has 12 rings (SSSR count). The second kappa shape index (κ2) is 10.3. The standard InChI is InChI=1S/C48H28N4/c1-2-13-29(14-3-1)31-16-12-17-32(27-31)47-49-38-22-9-6-20-35(38)48(50-47)52-40-24-11-8-21-36(40)44-42(52)28-37-34-19-7-10-23-39(34)51-41-26-25-30-15-4-5-18-33(30)43(41)45(44)46(37)51/h1-28H. The van der Waals surface area contributed by atoms with E-state index in [4.69, 9.17) is 9.97 Å². The highest BCUT2D eigenvalue weighted by atomic mass is 15.1. The normalized spacial score (nSPS) is 12.2. The van der Waals surface area contributed by atoms with Gasteiger partial charge in [0.1, 0.15) is 5.82 Å². The average Bonchev–Trinajstić information content (AvgIpc) is 3.85. The lowest BCUT2D eigenvalue weighted by Gasteiger charge is -2.13. The molecule has 0 fully saturated rings. The molecule has 0 saturated heterocycles. The van der Waals surface area contributed by atoms with Crippen LogP contribution < -0.4 is 0 Å². The van der Waals surface area contributed by atoms with Gasteiger partial charge in [-0.25, -0.2) is 9.97 Å². The predicted molar refractivity (Wildman–Crippen MR) is 217 cm³/mol. The van der Waals surface area contributed by atoms with Gasteiger partial charge in [0.15, 0.2) is 5.82 Å². The van der Waals surface area contributed by atoms with E-state index < -0.39 is 0 Å². The fraction of sp³-hybridized carbons (Fsp3) is 0. The predicted octanol–water partition coefficient (Wildman–Crippen LogP) is 12.4. The summed E-state index contributed by atoms with van der Waals surface area (Å²) in [6.07, 6.45) is 0. The van der Waals surface area contributed by atoms with Crippen molar-refractivity contribution in [3.8, 4) is 28.3 Å². The number of fused-ring (bicyclic) bond motifs is 13. The smallest absolute Gasteiger partial charge is 0.162 e. The Morgan fingerprint density at radius 1 is 0.365 bits per heavy atom.